The Bertz CT molecular complexity index is 547. The Morgan fingerprint density at radius 1 is 1.14 bits per heavy atom. The van der Waals surface area contributed by atoms with E-state index in [-0.39, 0.29) is 0 Å². The number of urea groups is 1. The zero-order chi connectivity index (χ0) is 16.4. The molecule has 0 aromatic heterocycles. The first-order chi connectivity index (χ1) is 9.52. The van der Waals surface area contributed by atoms with Crippen molar-refractivity contribution in [3.8, 4) is 0 Å². The van der Waals surface area contributed by atoms with E-state index in [9.17, 15) is 22.8 Å². The molecule has 3 N–H and O–H groups in total. The quantitative estimate of drug-likeness (QED) is 0.803. The van der Waals surface area contributed by atoms with Crippen LogP contribution in [0.25, 0.3) is 0 Å². The highest BCUT2D eigenvalue weighted by molar-refractivity contribution is 5.92. The van der Waals surface area contributed by atoms with Gasteiger partial charge >= 0.3 is 12.0 Å². The van der Waals surface area contributed by atoms with Crippen LogP contribution in [0.3, 0.4) is 0 Å². The van der Waals surface area contributed by atoms with Crippen molar-refractivity contribution in [1.29, 1.82) is 0 Å². The number of aliphatic carboxylic acids is 1. The molecule has 0 bridgehead atoms. The van der Waals surface area contributed by atoms with Crippen molar-refractivity contribution in [3.63, 3.8) is 0 Å². The number of amides is 2. The van der Waals surface area contributed by atoms with Crippen LogP contribution in [0.15, 0.2) is 12.1 Å². The van der Waals surface area contributed by atoms with Crippen molar-refractivity contribution in [3.05, 3.63) is 29.6 Å². The van der Waals surface area contributed by atoms with Gasteiger partial charge in [0.25, 0.3) is 0 Å². The molecular formula is C13H15F3N2O3. The molecule has 0 heterocycles. The fraction of sp³-hybridized carbons (Fsp3) is 0.385. The number of halogens is 3. The highest BCUT2D eigenvalue weighted by atomic mass is 19.1. The Morgan fingerprint density at radius 2 is 1.62 bits per heavy atom. The predicted octanol–water partition coefficient (Wildman–Crippen LogP) is 2.72. The summed E-state index contributed by atoms with van der Waals surface area (Å²) in [4.78, 5) is 22.7. The number of nitrogens with one attached hydrogen (secondary N) is 2. The summed E-state index contributed by atoms with van der Waals surface area (Å²) in [5.41, 5.74) is -1.67. The summed E-state index contributed by atoms with van der Waals surface area (Å²) in [5.74, 6) is -5.03. The zero-order valence-electron chi connectivity index (χ0n) is 11.6. The van der Waals surface area contributed by atoms with Crippen molar-refractivity contribution in [2.45, 2.75) is 26.8 Å². The summed E-state index contributed by atoms with van der Waals surface area (Å²) in [6.45, 7) is 4.72. The van der Waals surface area contributed by atoms with Crippen molar-refractivity contribution in [2.75, 3.05) is 5.32 Å². The van der Waals surface area contributed by atoms with Crippen molar-refractivity contribution in [1.82, 2.24) is 5.32 Å². The summed E-state index contributed by atoms with van der Waals surface area (Å²) in [6, 6.07) is -1.58. The maximum Gasteiger partial charge on any atom is 0.326 e. The Hall–Kier alpha value is -2.25. The van der Waals surface area contributed by atoms with E-state index >= 15 is 0 Å². The molecule has 0 fully saturated rings. The molecule has 8 heteroatoms. The van der Waals surface area contributed by atoms with Gasteiger partial charge in [-0.2, -0.15) is 0 Å². The zero-order valence-corrected chi connectivity index (χ0v) is 11.6. The fourth-order valence-corrected chi connectivity index (χ4v) is 1.59. The van der Waals surface area contributed by atoms with E-state index in [1.807, 2.05) is 5.32 Å². The molecule has 21 heavy (non-hydrogen) atoms. The maximum absolute atomic E-state index is 13.4. The standard InChI is InChI=1S/C13H15F3N2O3/c1-13(2,3)10(11(19)20)18-12(21)17-9-7(15)4-6(14)5-8(9)16/h4-5,10H,1-3H3,(H,19,20)(H2,17,18,21). The van der Waals surface area contributed by atoms with Crippen molar-refractivity contribution < 1.29 is 27.9 Å². The van der Waals surface area contributed by atoms with Crippen LogP contribution < -0.4 is 10.6 Å². The number of carboxylic acid groups (broad SMARTS) is 1. The third kappa shape index (κ3) is 4.37. The lowest BCUT2D eigenvalue weighted by Gasteiger charge is -2.27. The first kappa shape index (κ1) is 16.8. The number of hydrogen-bond acceptors (Lipinski definition) is 2. The number of rotatable bonds is 3. The van der Waals surface area contributed by atoms with Crippen molar-refractivity contribution in [2.24, 2.45) is 5.41 Å². The molecule has 1 aromatic rings. The molecular weight excluding hydrogens is 289 g/mol. The normalized spacial score (nSPS) is 12.7. The molecule has 0 aliphatic rings. The van der Waals surface area contributed by atoms with Crippen molar-refractivity contribution >= 4 is 17.7 Å². The van der Waals surface area contributed by atoms with Gasteiger partial charge in [-0.25, -0.2) is 22.8 Å². The molecule has 1 unspecified atom stereocenters. The van der Waals surface area contributed by atoms with Gasteiger partial charge in [-0.3, -0.25) is 0 Å². The van der Waals surface area contributed by atoms with E-state index in [2.05, 4.69) is 5.32 Å². The van der Waals surface area contributed by atoms with Gasteiger partial charge in [-0.15, -0.1) is 0 Å². The summed E-state index contributed by atoms with van der Waals surface area (Å²) >= 11 is 0. The topological polar surface area (TPSA) is 78.4 Å². The molecule has 1 rings (SSSR count). The molecule has 1 atom stereocenters. The van der Waals surface area contributed by atoms with Gasteiger partial charge in [0.2, 0.25) is 0 Å². The van der Waals surface area contributed by atoms with E-state index in [0.717, 1.165) is 0 Å². The molecule has 0 radical (unpaired) electrons. The monoisotopic (exact) mass is 304 g/mol. The summed E-state index contributed by atoms with van der Waals surface area (Å²) in [6.07, 6.45) is 0. The maximum atomic E-state index is 13.4. The number of carbonyl (C=O) groups excluding carboxylic acids is 1. The van der Waals surface area contributed by atoms with Gasteiger partial charge in [-0.05, 0) is 5.41 Å². The first-order valence-electron chi connectivity index (χ1n) is 5.97. The van der Waals surface area contributed by atoms with Gasteiger partial charge in [0.1, 0.15) is 17.5 Å². The Morgan fingerprint density at radius 3 is 2.00 bits per heavy atom. The largest absolute Gasteiger partial charge is 0.480 e. The first-order valence-corrected chi connectivity index (χ1v) is 5.97. The van der Waals surface area contributed by atoms with Gasteiger partial charge in [-0.1, -0.05) is 20.8 Å². The van der Waals surface area contributed by atoms with E-state index in [4.69, 9.17) is 5.11 Å². The molecule has 2 amide bonds. The lowest BCUT2D eigenvalue weighted by atomic mass is 9.87. The van der Waals surface area contributed by atoms with E-state index in [0.29, 0.717) is 12.1 Å². The average molecular weight is 304 g/mol. The molecule has 0 aliphatic heterocycles. The van der Waals surface area contributed by atoms with Gasteiger partial charge in [0.15, 0.2) is 11.6 Å². The summed E-state index contributed by atoms with van der Waals surface area (Å²) in [5, 5.41) is 13.0. The second-order valence-electron chi connectivity index (χ2n) is 5.48. The van der Waals surface area contributed by atoms with Crippen LogP contribution in [0.2, 0.25) is 0 Å². The predicted molar refractivity (Wildman–Crippen MR) is 69.3 cm³/mol. The molecule has 1 aromatic carbocycles. The minimum Gasteiger partial charge on any atom is -0.480 e. The number of hydrogen-bond donors (Lipinski definition) is 3. The lowest BCUT2D eigenvalue weighted by Crippen LogP contribution is -2.50. The highest BCUT2D eigenvalue weighted by Crippen LogP contribution is 2.22. The molecule has 0 saturated carbocycles. The minimum atomic E-state index is -1.30. The van der Waals surface area contributed by atoms with Crippen LogP contribution in [0, 0.1) is 22.9 Å². The molecule has 0 aliphatic carbocycles. The van der Waals surface area contributed by atoms with Gasteiger partial charge < -0.3 is 15.7 Å². The van der Waals surface area contributed by atoms with Crippen LogP contribution >= 0.6 is 0 Å². The lowest BCUT2D eigenvalue weighted by molar-refractivity contribution is -0.141. The van der Waals surface area contributed by atoms with Crippen LogP contribution in [-0.2, 0) is 4.79 Å². The Balaban J connectivity index is 2.90. The Labute approximate surface area is 119 Å². The second-order valence-corrected chi connectivity index (χ2v) is 5.48. The number of carbonyl (C=O) groups is 2. The third-order valence-electron chi connectivity index (χ3n) is 2.63. The summed E-state index contributed by atoms with van der Waals surface area (Å²) in [7, 11) is 0. The Kier molecular flexibility index (Phi) is 4.82. The van der Waals surface area contributed by atoms with Crippen LogP contribution in [-0.4, -0.2) is 23.1 Å². The molecule has 0 saturated heterocycles. The molecule has 116 valence electrons. The van der Waals surface area contributed by atoms with Gasteiger partial charge in [0, 0.05) is 12.1 Å². The van der Waals surface area contributed by atoms with E-state index < -0.39 is 46.6 Å². The highest BCUT2D eigenvalue weighted by Gasteiger charge is 2.32. The van der Waals surface area contributed by atoms with E-state index in [1.54, 1.807) is 20.8 Å². The summed E-state index contributed by atoms with van der Waals surface area (Å²) < 4.78 is 39.5. The average Bonchev–Trinajstić information content (AvgIpc) is 2.28. The van der Waals surface area contributed by atoms with E-state index in [1.165, 1.54) is 0 Å². The smallest absolute Gasteiger partial charge is 0.326 e. The molecule has 5 nitrogen and oxygen atoms in total. The molecule has 0 spiro atoms. The van der Waals surface area contributed by atoms with Crippen LogP contribution in [0.4, 0.5) is 23.7 Å². The van der Waals surface area contributed by atoms with Gasteiger partial charge in [0.05, 0.1) is 0 Å². The number of carboxylic acids is 1. The number of benzene rings is 1. The van der Waals surface area contributed by atoms with Crippen LogP contribution in [0.1, 0.15) is 20.8 Å². The fourth-order valence-electron chi connectivity index (χ4n) is 1.59. The minimum absolute atomic E-state index is 0.400. The SMILES string of the molecule is CC(C)(C)C(NC(=O)Nc1c(F)cc(F)cc1F)C(=O)O. The third-order valence-corrected chi connectivity index (χ3v) is 2.63. The number of anilines is 1. The van der Waals surface area contributed by atoms with Crippen LogP contribution in [0.5, 0.6) is 0 Å². The second kappa shape index (κ2) is 6.02.